The molecule has 2 rings (SSSR count). The first kappa shape index (κ1) is 14.3. The van der Waals surface area contributed by atoms with Gasteiger partial charge in [0.1, 0.15) is 5.78 Å². The van der Waals surface area contributed by atoms with Crippen molar-refractivity contribution in [2.45, 2.75) is 71.8 Å². The van der Waals surface area contributed by atoms with E-state index < -0.39 is 0 Å². The lowest BCUT2D eigenvalue weighted by molar-refractivity contribution is -0.126. The SMILES string of the molecule is CCC(C)(C)C(=O)Cc1ccn(C2CCCCC2)n1. The highest BCUT2D eigenvalue weighted by Gasteiger charge is 2.26. The van der Waals surface area contributed by atoms with Gasteiger partial charge >= 0.3 is 0 Å². The van der Waals surface area contributed by atoms with Crippen LogP contribution in [0.5, 0.6) is 0 Å². The molecule has 0 bridgehead atoms. The van der Waals surface area contributed by atoms with Gasteiger partial charge in [0.15, 0.2) is 0 Å². The zero-order chi connectivity index (χ0) is 13.9. The molecule has 1 aliphatic rings. The maximum atomic E-state index is 12.2. The average Bonchev–Trinajstić information content (AvgIpc) is 2.88. The van der Waals surface area contributed by atoms with Crippen molar-refractivity contribution in [3.8, 4) is 0 Å². The molecule has 0 unspecified atom stereocenters. The van der Waals surface area contributed by atoms with E-state index in [-0.39, 0.29) is 5.41 Å². The molecule has 1 aromatic heterocycles. The lowest BCUT2D eigenvalue weighted by Gasteiger charge is -2.22. The first-order valence-electron chi connectivity index (χ1n) is 7.60. The van der Waals surface area contributed by atoms with Gasteiger partial charge < -0.3 is 0 Å². The quantitative estimate of drug-likeness (QED) is 0.805. The maximum Gasteiger partial charge on any atom is 0.144 e. The number of ketones is 1. The van der Waals surface area contributed by atoms with Crippen LogP contribution < -0.4 is 0 Å². The number of Topliss-reactive ketones (excluding diaryl/α,β-unsaturated/α-hetero) is 1. The van der Waals surface area contributed by atoms with E-state index >= 15 is 0 Å². The van der Waals surface area contributed by atoms with Crippen LogP contribution in [0.15, 0.2) is 12.3 Å². The van der Waals surface area contributed by atoms with Crippen molar-refractivity contribution in [1.82, 2.24) is 9.78 Å². The van der Waals surface area contributed by atoms with Gasteiger partial charge in [-0.25, -0.2) is 0 Å². The van der Waals surface area contributed by atoms with Crippen molar-refractivity contribution >= 4 is 5.78 Å². The summed E-state index contributed by atoms with van der Waals surface area (Å²) in [6.07, 6.45) is 9.84. The molecule has 1 fully saturated rings. The third-order valence-corrected chi connectivity index (χ3v) is 4.59. The predicted octanol–water partition coefficient (Wildman–Crippen LogP) is 3.94. The van der Waals surface area contributed by atoms with Crippen molar-refractivity contribution in [3.05, 3.63) is 18.0 Å². The Morgan fingerprint density at radius 1 is 1.37 bits per heavy atom. The molecular weight excluding hydrogens is 236 g/mol. The Morgan fingerprint density at radius 2 is 2.05 bits per heavy atom. The molecule has 0 atom stereocenters. The molecule has 1 heterocycles. The summed E-state index contributed by atoms with van der Waals surface area (Å²) in [6, 6.07) is 2.56. The fourth-order valence-electron chi connectivity index (χ4n) is 2.62. The van der Waals surface area contributed by atoms with Crippen LogP contribution in [0, 0.1) is 5.41 Å². The first-order chi connectivity index (χ1) is 9.03. The molecule has 0 spiro atoms. The molecule has 1 saturated carbocycles. The molecule has 0 aliphatic heterocycles. The maximum absolute atomic E-state index is 12.2. The minimum Gasteiger partial charge on any atom is -0.299 e. The molecule has 0 aromatic carbocycles. The molecule has 1 aliphatic carbocycles. The molecule has 1 aromatic rings. The van der Waals surface area contributed by atoms with Gasteiger partial charge in [-0.1, -0.05) is 40.0 Å². The Kier molecular flexibility index (Phi) is 4.43. The van der Waals surface area contributed by atoms with Crippen molar-refractivity contribution in [1.29, 1.82) is 0 Å². The number of nitrogens with zero attached hydrogens (tertiary/aromatic N) is 2. The molecule has 106 valence electrons. The van der Waals surface area contributed by atoms with E-state index in [1.807, 2.05) is 19.9 Å². The summed E-state index contributed by atoms with van der Waals surface area (Å²) >= 11 is 0. The third-order valence-electron chi connectivity index (χ3n) is 4.59. The summed E-state index contributed by atoms with van der Waals surface area (Å²) in [5.74, 6) is 0.295. The van der Waals surface area contributed by atoms with Crippen LogP contribution in [0.1, 0.15) is 71.0 Å². The summed E-state index contributed by atoms with van der Waals surface area (Å²) in [4.78, 5) is 12.2. The lowest BCUT2D eigenvalue weighted by Crippen LogP contribution is -2.25. The van der Waals surface area contributed by atoms with Crippen LogP contribution in [-0.2, 0) is 11.2 Å². The summed E-state index contributed by atoms with van der Waals surface area (Å²) in [5, 5.41) is 4.62. The number of rotatable bonds is 5. The van der Waals surface area contributed by atoms with Gasteiger partial charge in [0.2, 0.25) is 0 Å². The van der Waals surface area contributed by atoms with Crippen LogP contribution in [0.2, 0.25) is 0 Å². The Hall–Kier alpha value is -1.12. The molecule has 0 saturated heterocycles. The van der Waals surface area contributed by atoms with E-state index in [1.165, 1.54) is 32.1 Å². The van der Waals surface area contributed by atoms with Crippen LogP contribution in [0.25, 0.3) is 0 Å². The minimum absolute atomic E-state index is 0.228. The van der Waals surface area contributed by atoms with Crippen LogP contribution in [0.4, 0.5) is 0 Å². The molecule has 3 nitrogen and oxygen atoms in total. The number of hydrogen-bond acceptors (Lipinski definition) is 2. The normalized spacial score (nSPS) is 17.6. The Morgan fingerprint density at radius 3 is 2.68 bits per heavy atom. The van der Waals surface area contributed by atoms with E-state index in [4.69, 9.17) is 0 Å². The highest BCUT2D eigenvalue weighted by atomic mass is 16.1. The summed E-state index contributed by atoms with van der Waals surface area (Å²) in [6.45, 7) is 6.11. The van der Waals surface area contributed by atoms with E-state index in [0.29, 0.717) is 18.2 Å². The topological polar surface area (TPSA) is 34.9 Å². The first-order valence-corrected chi connectivity index (χ1v) is 7.60. The van der Waals surface area contributed by atoms with Gasteiger partial charge in [-0.15, -0.1) is 0 Å². The Labute approximate surface area is 116 Å². The summed E-state index contributed by atoms with van der Waals surface area (Å²) < 4.78 is 2.08. The summed E-state index contributed by atoms with van der Waals surface area (Å²) in [7, 11) is 0. The second kappa shape index (κ2) is 5.89. The molecule has 19 heavy (non-hydrogen) atoms. The van der Waals surface area contributed by atoms with Crippen LogP contribution in [-0.4, -0.2) is 15.6 Å². The van der Waals surface area contributed by atoms with Crippen LogP contribution >= 0.6 is 0 Å². The number of carbonyl (C=O) groups excluding carboxylic acids is 1. The second-order valence-corrected chi connectivity index (χ2v) is 6.42. The molecule has 0 radical (unpaired) electrons. The Balaban J connectivity index is 1.99. The van der Waals surface area contributed by atoms with Gasteiger partial charge in [0.05, 0.1) is 18.2 Å². The van der Waals surface area contributed by atoms with Crippen molar-refractivity contribution in [2.24, 2.45) is 5.41 Å². The van der Waals surface area contributed by atoms with Crippen molar-refractivity contribution in [3.63, 3.8) is 0 Å². The minimum atomic E-state index is -0.228. The van der Waals surface area contributed by atoms with Gasteiger partial charge in [-0.05, 0) is 25.3 Å². The largest absolute Gasteiger partial charge is 0.299 e. The predicted molar refractivity (Wildman–Crippen MR) is 77.1 cm³/mol. The monoisotopic (exact) mass is 262 g/mol. The second-order valence-electron chi connectivity index (χ2n) is 6.42. The molecule has 3 heteroatoms. The number of hydrogen-bond donors (Lipinski definition) is 0. The highest BCUT2D eigenvalue weighted by Crippen LogP contribution is 2.28. The Bertz CT molecular complexity index is 428. The van der Waals surface area contributed by atoms with Crippen molar-refractivity contribution in [2.75, 3.05) is 0 Å². The molecule has 0 amide bonds. The zero-order valence-corrected chi connectivity index (χ0v) is 12.5. The average molecular weight is 262 g/mol. The standard InChI is InChI=1S/C16H26N2O/c1-4-16(2,3)15(19)12-13-10-11-18(17-13)14-8-6-5-7-9-14/h10-11,14H,4-9,12H2,1-3H3. The third kappa shape index (κ3) is 3.46. The fraction of sp³-hybridized carbons (Fsp3) is 0.750. The molecule has 0 N–H and O–H groups in total. The fourth-order valence-corrected chi connectivity index (χ4v) is 2.62. The zero-order valence-electron chi connectivity index (χ0n) is 12.5. The number of carbonyl (C=O) groups is 1. The van der Waals surface area contributed by atoms with Gasteiger partial charge in [-0.2, -0.15) is 5.10 Å². The summed E-state index contributed by atoms with van der Waals surface area (Å²) in [5.41, 5.74) is 0.700. The van der Waals surface area contributed by atoms with Gasteiger partial charge in [0, 0.05) is 11.6 Å². The lowest BCUT2D eigenvalue weighted by atomic mass is 9.83. The van der Waals surface area contributed by atoms with Crippen LogP contribution in [0.3, 0.4) is 0 Å². The number of aromatic nitrogens is 2. The van der Waals surface area contributed by atoms with E-state index in [1.54, 1.807) is 0 Å². The van der Waals surface area contributed by atoms with E-state index in [0.717, 1.165) is 12.1 Å². The van der Waals surface area contributed by atoms with E-state index in [2.05, 4.69) is 22.9 Å². The van der Waals surface area contributed by atoms with Crippen molar-refractivity contribution < 1.29 is 4.79 Å². The van der Waals surface area contributed by atoms with Gasteiger partial charge in [0.25, 0.3) is 0 Å². The molecular formula is C16H26N2O. The van der Waals surface area contributed by atoms with E-state index in [9.17, 15) is 4.79 Å². The van der Waals surface area contributed by atoms with Gasteiger partial charge in [-0.3, -0.25) is 9.48 Å². The smallest absolute Gasteiger partial charge is 0.144 e. The highest BCUT2D eigenvalue weighted by molar-refractivity contribution is 5.85.